The summed E-state index contributed by atoms with van der Waals surface area (Å²) in [5, 5.41) is 8.57. The number of rotatable bonds is 4. The van der Waals surface area contributed by atoms with Crippen LogP contribution in [0.5, 0.6) is 0 Å². The average Bonchev–Trinajstić information content (AvgIpc) is 2.30. The van der Waals surface area contributed by atoms with E-state index in [1.165, 1.54) is 0 Å². The van der Waals surface area contributed by atoms with E-state index in [1.807, 2.05) is 13.8 Å². The molecule has 0 bridgehead atoms. The van der Waals surface area contributed by atoms with E-state index < -0.39 is 0 Å². The fourth-order valence-electron chi connectivity index (χ4n) is 1.82. The van der Waals surface area contributed by atoms with Gasteiger partial charge < -0.3 is 4.74 Å². The van der Waals surface area contributed by atoms with Gasteiger partial charge in [0.2, 0.25) is 0 Å². The molecule has 0 aliphatic carbocycles. The second-order valence-electron chi connectivity index (χ2n) is 3.90. The lowest BCUT2D eigenvalue weighted by molar-refractivity contribution is -0.149. The summed E-state index contributed by atoms with van der Waals surface area (Å²) in [6, 6.07) is 1.96. The van der Waals surface area contributed by atoms with Crippen LogP contribution in [-0.4, -0.2) is 61.1 Å². The molecule has 5 heteroatoms. The van der Waals surface area contributed by atoms with E-state index in [-0.39, 0.29) is 12.0 Å². The number of nitriles is 1. The van der Waals surface area contributed by atoms with E-state index in [0.29, 0.717) is 13.2 Å². The summed E-state index contributed by atoms with van der Waals surface area (Å²) in [6.45, 7) is 7.92. The van der Waals surface area contributed by atoms with Crippen molar-refractivity contribution in [2.45, 2.75) is 19.9 Å². The second kappa shape index (κ2) is 6.46. The SMILES string of the molecule is CCOC(=O)C(C)N1CCN(CC#N)CC1. The monoisotopic (exact) mass is 225 g/mol. The summed E-state index contributed by atoms with van der Waals surface area (Å²) < 4.78 is 4.98. The molecule has 1 atom stereocenters. The minimum Gasteiger partial charge on any atom is -0.465 e. The molecule has 1 saturated heterocycles. The average molecular weight is 225 g/mol. The van der Waals surface area contributed by atoms with Crippen LogP contribution in [0, 0.1) is 11.3 Å². The van der Waals surface area contributed by atoms with Crippen molar-refractivity contribution in [1.82, 2.24) is 9.80 Å². The molecule has 0 aromatic carbocycles. The second-order valence-corrected chi connectivity index (χ2v) is 3.90. The summed E-state index contributed by atoms with van der Waals surface area (Å²) in [5.41, 5.74) is 0. The zero-order valence-corrected chi connectivity index (χ0v) is 9.98. The third-order valence-electron chi connectivity index (χ3n) is 2.88. The normalized spacial score (nSPS) is 20.1. The number of nitrogens with zero attached hydrogens (tertiary/aromatic N) is 3. The van der Waals surface area contributed by atoms with Gasteiger partial charge >= 0.3 is 5.97 Å². The predicted octanol–water partition coefficient (Wildman–Crippen LogP) is 0.0792. The van der Waals surface area contributed by atoms with Crippen LogP contribution in [-0.2, 0) is 9.53 Å². The zero-order chi connectivity index (χ0) is 12.0. The van der Waals surface area contributed by atoms with Crippen molar-refractivity contribution < 1.29 is 9.53 Å². The van der Waals surface area contributed by atoms with Crippen molar-refractivity contribution in [1.29, 1.82) is 5.26 Å². The van der Waals surface area contributed by atoms with Gasteiger partial charge in [-0.2, -0.15) is 5.26 Å². The molecular formula is C11H19N3O2. The standard InChI is InChI=1S/C11H19N3O2/c1-3-16-11(15)10(2)14-8-6-13(5-4-12)7-9-14/h10H,3,5-9H2,1-2H3. The largest absolute Gasteiger partial charge is 0.465 e. The first kappa shape index (κ1) is 12.9. The van der Waals surface area contributed by atoms with Crippen LogP contribution in [0.25, 0.3) is 0 Å². The molecule has 0 N–H and O–H groups in total. The highest BCUT2D eigenvalue weighted by Gasteiger charge is 2.25. The minimum atomic E-state index is -0.177. The van der Waals surface area contributed by atoms with Crippen LogP contribution in [0.3, 0.4) is 0 Å². The highest BCUT2D eigenvalue weighted by Crippen LogP contribution is 2.07. The van der Waals surface area contributed by atoms with Crippen LogP contribution in [0.1, 0.15) is 13.8 Å². The van der Waals surface area contributed by atoms with Crippen molar-refractivity contribution in [2.24, 2.45) is 0 Å². The number of piperazine rings is 1. The Morgan fingerprint density at radius 1 is 1.44 bits per heavy atom. The zero-order valence-electron chi connectivity index (χ0n) is 9.98. The predicted molar refractivity (Wildman–Crippen MR) is 59.7 cm³/mol. The van der Waals surface area contributed by atoms with Crippen molar-refractivity contribution >= 4 is 5.97 Å². The maximum atomic E-state index is 11.5. The smallest absolute Gasteiger partial charge is 0.323 e. The summed E-state index contributed by atoms with van der Waals surface area (Å²) in [7, 11) is 0. The number of carbonyl (C=O) groups excluding carboxylic acids is 1. The Balaban J connectivity index is 2.35. The number of esters is 1. The lowest BCUT2D eigenvalue weighted by Crippen LogP contribution is -2.52. The molecule has 0 spiro atoms. The van der Waals surface area contributed by atoms with E-state index in [1.54, 1.807) is 0 Å². The van der Waals surface area contributed by atoms with Gasteiger partial charge in [0.05, 0.1) is 19.2 Å². The van der Waals surface area contributed by atoms with Gasteiger partial charge in [-0.3, -0.25) is 14.6 Å². The number of hydrogen-bond acceptors (Lipinski definition) is 5. The Morgan fingerprint density at radius 3 is 2.56 bits per heavy atom. The third-order valence-corrected chi connectivity index (χ3v) is 2.88. The molecule has 1 rings (SSSR count). The lowest BCUT2D eigenvalue weighted by atomic mass is 10.2. The first-order valence-corrected chi connectivity index (χ1v) is 5.69. The molecule has 1 aliphatic heterocycles. The van der Waals surface area contributed by atoms with Crippen molar-refractivity contribution in [2.75, 3.05) is 39.3 Å². The summed E-state index contributed by atoms with van der Waals surface area (Å²) in [5.74, 6) is -0.156. The summed E-state index contributed by atoms with van der Waals surface area (Å²) in [4.78, 5) is 15.7. The maximum absolute atomic E-state index is 11.5. The van der Waals surface area contributed by atoms with E-state index in [2.05, 4.69) is 15.9 Å². The highest BCUT2D eigenvalue weighted by molar-refractivity contribution is 5.75. The first-order valence-electron chi connectivity index (χ1n) is 5.69. The van der Waals surface area contributed by atoms with Gasteiger partial charge in [0, 0.05) is 26.2 Å². The van der Waals surface area contributed by atoms with Gasteiger partial charge in [-0.25, -0.2) is 0 Å². The van der Waals surface area contributed by atoms with Crippen LogP contribution in [0.2, 0.25) is 0 Å². The molecule has 16 heavy (non-hydrogen) atoms. The lowest BCUT2D eigenvalue weighted by Gasteiger charge is -2.35. The molecule has 1 fully saturated rings. The van der Waals surface area contributed by atoms with E-state index >= 15 is 0 Å². The Kier molecular flexibility index (Phi) is 5.23. The van der Waals surface area contributed by atoms with Gasteiger partial charge in [0.15, 0.2) is 0 Å². The molecule has 0 aromatic heterocycles. The Labute approximate surface area is 96.6 Å². The number of carbonyl (C=O) groups is 1. The van der Waals surface area contributed by atoms with Crippen LogP contribution in [0.4, 0.5) is 0 Å². The van der Waals surface area contributed by atoms with Gasteiger partial charge in [-0.1, -0.05) is 0 Å². The quantitative estimate of drug-likeness (QED) is 0.501. The van der Waals surface area contributed by atoms with Gasteiger partial charge in [-0.05, 0) is 13.8 Å². The molecule has 1 unspecified atom stereocenters. The molecule has 90 valence electrons. The Bertz CT molecular complexity index is 267. The van der Waals surface area contributed by atoms with Crippen molar-refractivity contribution in [3.63, 3.8) is 0 Å². The van der Waals surface area contributed by atoms with Gasteiger partial charge in [-0.15, -0.1) is 0 Å². The van der Waals surface area contributed by atoms with Crippen LogP contribution >= 0.6 is 0 Å². The number of hydrogen-bond donors (Lipinski definition) is 0. The molecule has 0 amide bonds. The molecular weight excluding hydrogens is 206 g/mol. The highest BCUT2D eigenvalue weighted by atomic mass is 16.5. The summed E-state index contributed by atoms with van der Waals surface area (Å²) >= 11 is 0. The topological polar surface area (TPSA) is 56.6 Å². The Hall–Kier alpha value is -1.12. The first-order chi connectivity index (χ1) is 7.69. The molecule has 5 nitrogen and oxygen atoms in total. The third kappa shape index (κ3) is 3.47. The molecule has 0 saturated carbocycles. The van der Waals surface area contributed by atoms with E-state index in [4.69, 9.17) is 10.00 Å². The Morgan fingerprint density at radius 2 is 2.06 bits per heavy atom. The van der Waals surface area contributed by atoms with Crippen LogP contribution < -0.4 is 0 Å². The fourth-order valence-corrected chi connectivity index (χ4v) is 1.82. The van der Waals surface area contributed by atoms with Crippen molar-refractivity contribution in [3.05, 3.63) is 0 Å². The summed E-state index contributed by atoms with van der Waals surface area (Å²) in [6.07, 6.45) is 0. The van der Waals surface area contributed by atoms with Crippen molar-refractivity contribution in [3.8, 4) is 6.07 Å². The number of ether oxygens (including phenoxy) is 1. The van der Waals surface area contributed by atoms with Gasteiger partial charge in [0.25, 0.3) is 0 Å². The molecule has 1 heterocycles. The molecule has 1 aliphatic rings. The van der Waals surface area contributed by atoms with E-state index in [0.717, 1.165) is 26.2 Å². The minimum absolute atomic E-state index is 0.156. The van der Waals surface area contributed by atoms with Gasteiger partial charge in [0.1, 0.15) is 6.04 Å². The maximum Gasteiger partial charge on any atom is 0.323 e. The molecule has 0 radical (unpaired) electrons. The fraction of sp³-hybridized carbons (Fsp3) is 0.818. The molecule has 0 aromatic rings. The van der Waals surface area contributed by atoms with Crippen LogP contribution in [0.15, 0.2) is 0 Å². The van der Waals surface area contributed by atoms with E-state index in [9.17, 15) is 4.79 Å².